The molecule has 88 valence electrons. The third kappa shape index (κ3) is 3.31. The normalized spacial score (nSPS) is 41.2. The van der Waals surface area contributed by atoms with Crippen molar-refractivity contribution in [1.82, 2.24) is 5.32 Å². The molecule has 3 heteroatoms. The van der Waals surface area contributed by atoms with Crippen LogP contribution >= 0.6 is 23.5 Å². The lowest BCUT2D eigenvalue weighted by Crippen LogP contribution is -2.40. The van der Waals surface area contributed by atoms with E-state index in [1.165, 1.54) is 37.2 Å². The first-order valence-corrected chi connectivity index (χ1v) is 8.38. The largest absolute Gasteiger partial charge is 0.310 e. The molecule has 0 amide bonds. The average molecular weight is 245 g/mol. The Morgan fingerprint density at radius 1 is 1.33 bits per heavy atom. The van der Waals surface area contributed by atoms with Crippen LogP contribution in [-0.4, -0.2) is 34.1 Å². The highest BCUT2D eigenvalue weighted by atomic mass is 32.2. The number of nitrogens with one attached hydrogen (secondary N) is 1. The van der Waals surface area contributed by atoms with Gasteiger partial charge in [0.25, 0.3) is 0 Å². The van der Waals surface area contributed by atoms with Gasteiger partial charge in [-0.25, -0.2) is 0 Å². The van der Waals surface area contributed by atoms with Gasteiger partial charge in [-0.3, -0.25) is 0 Å². The molecule has 0 aromatic heterocycles. The Kier molecular flexibility index (Phi) is 4.71. The van der Waals surface area contributed by atoms with Crippen molar-refractivity contribution in [3.05, 3.63) is 0 Å². The Morgan fingerprint density at radius 3 is 2.87 bits per heavy atom. The average Bonchev–Trinajstić information content (AvgIpc) is 2.79. The molecular formula is C12H23NS2. The topological polar surface area (TPSA) is 12.0 Å². The second kappa shape index (κ2) is 5.83. The molecule has 15 heavy (non-hydrogen) atoms. The van der Waals surface area contributed by atoms with Gasteiger partial charge in [-0.1, -0.05) is 13.8 Å². The first kappa shape index (κ1) is 12.1. The fourth-order valence-corrected chi connectivity index (χ4v) is 5.08. The summed E-state index contributed by atoms with van der Waals surface area (Å²) in [6.45, 7) is 4.66. The SMILES string of the molecule is CCSC1CCC(NC2CCSC2C)C1. The minimum absolute atomic E-state index is 0.797. The smallest absolute Gasteiger partial charge is 0.0194 e. The molecule has 1 nitrogen and oxygen atoms in total. The summed E-state index contributed by atoms with van der Waals surface area (Å²) in [4.78, 5) is 0. The molecule has 1 saturated heterocycles. The summed E-state index contributed by atoms with van der Waals surface area (Å²) in [6, 6.07) is 1.62. The Morgan fingerprint density at radius 2 is 2.20 bits per heavy atom. The minimum Gasteiger partial charge on any atom is -0.310 e. The summed E-state index contributed by atoms with van der Waals surface area (Å²) in [5.41, 5.74) is 0. The van der Waals surface area contributed by atoms with Gasteiger partial charge in [0, 0.05) is 22.6 Å². The quantitative estimate of drug-likeness (QED) is 0.817. The molecule has 2 aliphatic rings. The van der Waals surface area contributed by atoms with Gasteiger partial charge in [-0.05, 0) is 37.2 Å². The zero-order chi connectivity index (χ0) is 10.7. The fourth-order valence-electron chi connectivity index (χ4n) is 2.73. The molecule has 0 aromatic carbocycles. The van der Waals surface area contributed by atoms with Crippen molar-refractivity contribution in [3.63, 3.8) is 0 Å². The lowest BCUT2D eigenvalue weighted by molar-refractivity contribution is 0.430. The molecular weight excluding hydrogens is 222 g/mol. The fraction of sp³-hybridized carbons (Fsp3) is 1.00. The van der Waals surface area contributed by atoms with Gasteiger partial charge < -0.3 is 5.32 Å². The van der Waals surface area contributed by atoms with Crippen LogP contribution < -0.4 is 5.32 Å². The van der Waals surface area contributed by atoms with Crippen LogP contribution in [0.1, 0.15) is 39.5 Å². The Hall–Kier alpha value is 0.660. The van der Waals surface area contributed by atoms with Gasteiger partial charge in [0.05, 0.1) is 0 Å². The maximum absolute atomic E-state index is 3.88. The molecule has 2 rings (SSSR count). The summed E-state index contributed by atoms with van der Waals surface area (Å²) in [5, 5.41) is 5.66. The lowest BCUT2D eigenvalue weighted by Gasteiger charge is -2.21. The van der Waals surface area contributed by atoms with E-state index in [4.69, 9.17) is 0 Å². The van der Waals surface area contributed by atoms with Crippen molar-refractivity contribution >= 4 is 23.5 Å². The van der Waals surface area contributed by atoms with Crippen molar-refractivity contribution in [2.45, 2.75) is 62.1 Å². The Labute approximate surface area is 103 Å². The number of hydrogen-bond donors (Lipinski definition) is 1. The van der Waals surface area contributed by atoms with Crippen molar-refractivity contribution in [3.8, 4) is 0 Å². The van der Waals surface area contributed by atoms with E-state index in [9.17, 15) is 0 Å². The highest BCUT2D eigenvalue weighted by Gasteiger charge is 2.30. The number of rotatable bonds is 4. The van der Waals surface area contributed by atoms with Gasteiger partial charge in [-0.2, -0.15) is 23.5 Å². The molecule has 0 aromatic rings. The van der Waals surface area contributed by atoms with Gasteiger partial charge >= 0.3 is 0 Å². The van der Waals surface area contributed by atoms with Crippen molar-refractivity contribution in [2.24, 2.45) is 0 Å². The Bertz CT molecular complexity index is 198. The van der Waals surface area contributed by atoms with Crippen LogP contribution in [-0.2, 0) is 0 Å². The van der Waals surface area contributed by atoms with Crippen LogP contribution in [0.25, 0.3) is 0 Å². The van der Waals surface area contributed by atoms with E-state index in [2.05, 4.69) is 42.7 Å². The van der Waals surface area contributed by atoms with E-state index in [1.54, 1.807) is 0 Å². The van der Waals surface area contributed by atoms with Gasteiger partial charge in [0.15, 0.2) is 0 Å². The first-order valence-electron chi connectivity index (χ1n) is 6.29. The third-order valence-electron chi connectivity index (χ3n) is 3.61. The Balaban J connectivity index is 1.72. The highest BCUT2D eigenvalue weighted by molar-refractivity contribution is 8.00. The van der Waals surface area contributed by atoms with Gasteiger partial charge in [0.1, 0.15) is 0 Å². The molecule has 0 bridgehead atoms. The molecule has 1 aliphatic heterocycles. The number of hydrogen-bond acceptors (Lipinski definition) is 3. The molecule has 2 fully saturated rings. The molecule has 1 saturated carbocycles. The van der Waals surface area contributed by atoms with Crippen LogP contribution in [0, 0.1) is 0 Å². The van der Waals surface area contributed by atoms with Gasteiger partial charge in [-0.15, -0.1) is 0 Å². The predicted octanol–water partition coefficient (Wildman–Crippen LogP) is 3.14. The maximum Gasteiger partial charge on any atom is 0.0194 e. The monoisotopic (exact) mass is 245 g/mol. The zero-order valence-electron chi connectivity index (χ0n) is 9.87. The standard InChI is InChI=1S/C12H23NS2/c1-3-14-11-5-4-10(8-11)13-12-6-7-15-9(12)2/h9-13H,3-8H2,1-2H3. The zero-order valence-corrected chi connectivity index (χ0v) is 11.5. The second-order valence-corrected chi connectivity index (χ2v) is 7.79. The molecule has 4 atom stereocenters. The van der Waals surface area contributed by atoms with Crippen molar-refractivity contribution in [1.29, 1.82) is 0 Å². The highest BCUT2D eigenvalue weighted by Crippen LogP contribution is 2.32. The third-order valence-corrected chi connectivity index (χ3v) is 6.17. The van der Waals surface area contributed by atoms with E-state index in [0.29, 0.717) is 0 Å². The molecule has 1 aliphatic carbocycles. The van der Waals surface area contributed by atoms with Crippen LogP contribution in [0.2, 0.25) is 0 Å². The van der Waals surface area contributed by atoms with E-state index in [-0.39, 0.29) is 0 Å². The van der Waals surface area contributed by atoms with Gasteiger partial charge in [0.2, 0.25) is 0 Å². The summed E-state index contributed by atoms with van der Waals surface area (Å²) in [5.74, 6) is 2.64. The van der Waals surface area contributed by atoms with Crippen molar-refractivity contribution in [2.75, 3.05) is 11.5 Å². The predicted molar refractivity (Wildman–Crippen MR) is 73.0 cm³/mol. The number of thioether (sulfide) groups is 2. The van der Waals surface area contributed by atoms with E-state index in [1.807, 2.05) is 0 Å². The lowest BCUT2D eigenvalue weighted by atomic mass is 10.1. The van der Waals surface area contributed by atoms with Crippen molar-refractivity contribution < 1.29 is 0 Å². The molecule has 1 N–H and O–H groups in total. The van der Waals surface area contributed by atoms with Crippen LogP contribution in [0.4, 0.5) is 0 Å². The molecule has 4 unspecified atom stereocenters. The van der Waals surface area contributed by atoms with E-state index < -0.39 is 0 Å². The second-order valence-electron chi connectivity index (χ2n) is 4.73. The van der Waals surface area contributed by atoms with Crippen LogP contribution in [0.5, 0.6) is 0 Å². The van der Waals surface area contributed by atoms with Crippen LogP contribution in [0.15, 0.2) is 0 Å². The summed E-state index contributed by atoms with van der Waals surface area (Å²) in [6.07, 6.45) is 5.64. The minimum atomic E-state index is 0.797. The first-order chi connectivity index (χ1) is 7.29. The molecule has 0 radical (unpaired) electrons. The summed E-state index contributed by atoms with van der Waals surface area (Å²) < 4.78 is 0. The van der Waals surface area contributed by atoms with Crippen LogP contribution in [0.3, 0.4) is 0 Å². The molecule has 1 heterocycles. The molecule has 0 spiro atoms. The summed E-state index contributed by atoms with van der Waals surface area (Å²) in [7, 11) is 0. The maximum atomic E-state index is 3.88. The van der Waals surface area contributed by atoms with E-state index in [0.717, 1.165) is 22.6 Å². The van der Waals surface area contributed by atoms with E-state index >= 15 is 0 Å². The summed E-state index contributed by atoms with van der Waals surface area (Å²) >= 11 is 4.29.